The highest BCUT2D eigenvalue weighted by atomic mass is 79.9. The third-order valence-corrected chi connectivity index (χ3v) is 5.43. The van der Waals surface area contributed by atoms with Gasteiger partial charge in [-0.25, -0.2) is 0 Å². The van der Waals surface area contributed by atoms with Crippen LogP contribution in [0, 0.1) is 26.7 Å². The zero-order chi connectivity index (χ0) is 18.1. The Morgan fingerprint density at radius 2 is 1.92 bits per heavy atom. The van der Waals surface area contributed by atoms with Crippen molar-refractivity contribution in [1.29, 1.82) is 0 Å². The van der Waals surface area contributed by atoms with Crippen LogP contribution < -0.4 is 10.2 Å². The summed E-state index contributed by atoms with van der Waals surface area (Å²) in [5.74, 6) is -0.445. The summed E-state index contributed by atoms with van der Waals surface area (Å²) in [4.78, 5) is 26.7. The largest absolute Gasteiger partial charge is 0.326 e. The summed E-state index contributed by atoms with van der Waals surface area (Å²) in [6, 6.07) is 11.7. The molecule has 1 fully saturated rings. The molecule has 0 radical (unpaired) electrons. The van der Waals surface area contributed by atoms with E-state index in [0.717, 1.165) is 32.5 Å². The number of nitrogens with zero attached hydrogens (tertiary/aromatic N) is 1. The minimum absolute atomic E-state index is 0.00513. The number of carbonyl (C=O) groups excluding carboxylic acids is 2. The Morgan fingerprint density at radius 3 is 2.64 bits per heavy atom. The second-order valence-corrected chi connectivity index (χ2v) is 7.50. The van der Waals surface area contributed by atoms with Crippen LogP contribution in [0.15, 0.2) is 40.9 Å². The average molecular weight is 401 g/mol. The highest BCUT2D eigenvalue weighted by Crippen LogP contribution is 2.28. The number of hydrogen-bond acceptors (Lipinski definition) is 2. The summed E-state index contributed by atoms with van der Waals surface area (Å²) < 4.78 is 1.02. The number of aryl methyl sites for hydroxylation is 3. The monoisotopic (exact) mass is 400 g/mol. The van der Waals surface area contributed by atoms with Crippen LogP contribution in [0.4, 0.5) is 11.4 Å². The summed E-state index contributed by atoms with van der Waals surface area (Å²) in [5, 5.41) is 2.99. The molecule has 2 amide bonds. The average Bonchev–Trinajstić information content (AvgIpc) is 2.94. The first-order chi connectivity index (χ1) is 11.8. The van der Waals surface area contributed by atoms with Gasteiger partial charge in [0.05, 0.1) is 5.92 Å². The van der Waals surface area contributed by atoms with E-state index in [4.69, 9.17) is 0 Å². The van der Waals surface area contributed by atoms with Gasteiger partial charge in [0.1, 0.15) is 0 Å². The molecule has 0 saturated carbocycles. The highest BCUT2D eigenvalue weighted by Gasteiger charge is 2.35. The van der Waals surface area contributed by atoms with Gasteiger partial charge in [-0.2, -0.15) is 0 Å². The Kier molecular flexibility index (Phi) is 4.95. The molecule has 130 valence electrons. The van der Waals surface area contributed by atoms with Gasteiger partial charge < -0.3 is 10.2 Å². The fourth-order valence-corrected chi connectivity index (χ4v) is 3.54. The number of carbonyl (C=O) groups is 2. The first kappa shape index (κ1) is 17.7. The second-order valence-electron chi connectivity index (χ2n) is 6.65. The van der Waals surface area contributed by atoms with Crippen molar-refractivity contribution in [2.45, 2.75) is 27.2 Å². The smallest absolute Gasteiger partial charge is 0.229 e. The van der Waals surface area contributed by atoms with Gasteiger partial charge in [-0.15, -0.1) is 0 Å². The van der Waals surface area contributed by atoms with E-state index >= 15 is 0 Å². The molecule has 1 N–H and O–H groups in total. The van der Waals surface area contributed by atoms with E-state index in [1.165, 1.54) is 0 Å². The zero-order valence-corrected chi connectivity index (χ0v) is 16.2. The van der Waals surface area contributed by atoms with E-state index in [2.05, 4.69) is 21.2 Å². The van der Waals surface area contributed by atoms with Gasteiger partial charge >= 0.3 is 0 Å². The third kappa shape index (κ3) is 3.76. The molecule has 1 aliphatic rings. The molecule has 3 rings (SSSR count). The lowest BCUT2D eigenvalue weighted by atomic mass is 10.1. The Balaban J connectivity index is 1.74. The number of amides is 2. The van der Waals surface area contributed by atoms with E-state index in [-0.39, 0.29) is 24.2 Å². The Morgan fingerprint density at radius 1 is 1.16 bits per heavy atom. The topological polar surface area (TPSA) is 49.4 Å². The molecular formula is C20H21BrN2O2. The standard InChI is InChI=1S/C20H21BrN2O2/c1-12-5-4-6-16(7-12)23-11-15(10-19(23)24)20(25)22-18-9-13(2)17(21)8-14(18)3/h4-9,15H,10-11H2,1-3H3,(H,22,25)/t15-/m1/s1. The SMILES string of the molecule is Cc1cccc(N2C[C@H](C(=O)Nc3cc(C)c(Br)cc3C)CC2=O)c1. The van der Waals surface area contributed by atoms with E-state index in [1.807, 2.05) is 57.2 Å². The van der Waals surface area contributed by atoms with E-state index < -0.39 is 0 Å². The summed E-state index contributed by atoms with van der Waals surface area (Å²) in [7, 11) is 0. The molecule has 1 atom stereocenters. The number of nitrogens with one attached hydrogen (secondary N) is 1. The highest BCUT2D eigenvalue weighted by molar-refractivity contribution is 9.10. The molecule has 0 aliphatic carbocycles. The van der Waals surface area contributed by atoms with Crippen molar-refractivity contribution in [3.05, 3.63) is 57.6 Å². The molecule has 5 heteroatoms. The Hall–Kier alpha value is -2.14. The van der Waals surface area contributed by atoms with Crippen molar-refractivity contribution in [3.63, 3.8) is 0 Å². The van der Waals surface area contributed by atoms with Crippen molar-refractivity contribution in [2.75, 3.05) is 16.8 Å². The van der Waals surface area contributed by atoms with Crippen molar-refractivity contribution < 1.29 is 9.59 Å². The minimum atomic E-state index is -0.337. The van der Waals surface area contributed by atoms with Crippen molar-refractivity contribution in [2.24, 2.45) is 5.92 Å². The molecule has 0 unspecified atom stereocenters. The fraction of sp³-hybridized carbons (Fsp3) is 0.300. The van der Waals surface area contributed by atoms with Crippen LogP contribution in [0.25, 0.3) is 0 Å². The van der Waals surface area contributed by atoms with E-state index in [9.17, 15) is 9.59 Å². The summed E-state index contributed by atoms with van der Waals surface area (Å²) in [6.45, 7) is 6.35. The molecule has 4 nitrogen and oxygen atoms in total. The van der Waals surface area contributed by atoms with Crippen LogP contribution in [0.3, 0.4) is 0 Å². The lowest BCUT2D eigenvalue weighted by Crippen LogP contribution is -2.28. The maximum absolute atomic E-state index is 12.7. The van der Waals surface area contributed by atoms with E-state index in [1.54, 1.807) is 4.90 Å². The van der Waals surface area contributed by atoms with Crippen molar-refractivity contribution in [3.8, 4) is 0 Å². The van der Waals surface area contributed by atoms with Gasteiger partial charge in [0.15, 0.2) is 0 Å². The molecule has 0 aromatic heterocycles. The molecule has 1 heterocycles. The van der Waals surface area contributed by atoms with Crippen LogP contribution in [0.5, 0.6) is 0 Å². The van der Waals surface area contributed by atoms with Gasteiger partial charge in [0.25, 0.3) is 0 Å². The number of anilines is 2. The molecule has 25 heavy (non-hydrogen) atoms. The summed E-state index contributed by atoms with van der Waals surface area (Å²) in [6.07, 6.45) is 0.244. The molecule has 2 aromatic carbocycles. The normalized spacial score (nSPS) is 17.0. The fourth-order valence-electron chi connectivity index (χ4n) is 3.08. The number of benzene rings is 2. The maximum Gasteiger partial charge on any atom is 0.229 e. The molecule has 1 saturated heterocycles. The molecular weight excluding hydrogens is 380 g/mol. The number of halogens is 1. The Labute approximate surface area is 156 Å². The molecule has 2 aromatic rings. The van der Waals surface area contributed by atoms with Gasteiger partial charge in [-0.05, 0) is 61.7 Å². The minimum Gasteiger partial charge on any atom is -0.326 e. The number of hydrogen-bond donors (Lipinski definition) is 1. The second kappa shape index (κ2) is 7.00. The Bertz CT molecular complexity index is 848. The van der Waals surface area contributed by atoms with E-state index in [0.29, 0.717) is 6.54 Å². The van der Waals surface area contributed by atoms with Crippen molar-refractivity contribution >= 4 is 39.1 Å². The lowest BCUT2D eigenvalue weighted by molar-refractivity contribution is -0.122. The first-order valence-electron chi connectivity index (χ1n) is 8.30. The molecule has 1 aliphatic heterocycles. The van der Waals surface area contributed by atoms with Crippen LogP contribution in [0.2, 0.25) is 0 Å². The first-order valence-corrected chi connectivity index (χ1v) is 9.09. The molecule has 0 spiro atoms. The maximum atomic E-state index is 12.7. The predicted octanol–water partition coefficient (Wildman–Crippen LogP) is 4.37. The van der Waals surface area contributed by atoms with Gasteiger partial charge in [0.2, 0.25) is 11.8 Å². The predicted molar refractivity (Wildman–Crippen MR) is 104 cm³/mol. The quantitative estimate of drug-likeness (QED) is 0.831. The summed E-state index contributed by atoms with van der Waals surface area (Å²) in [5.41, 5.74) is 4.80. The lowest BCUT2D eigenvalue weighted by Gasteiger charge is -2.17. The van der Waals surface area contributed by atoms with Crippen LogP contribution >= 0.6 is 15.9 Å². The zero-order valence-electron chi connectivity index (χ0n) is 14.6. The van der Waals surface area contributed by atoms with Crippen LogP contribution in [0.1, 0.15) is 23.1 Å². The molecule has 0 bridgehead atoms. The van der Waals surface area contributed by atoms with Gasteiger partial charge in [0, 0.05) is 28.8 Å². The van der Waals surface area contributed by atoms with Gasteiger partial charge in [-0.3, -0.25) is 9.59 Å². The van der Waals surface area contributed by atoms with Crippen molar-refractivity contribution in [1.82, 2.24) is 0 Å². The van der Waals surface area contributed by atoms with Crippen LogP contribution in [-0.4, -0.2) is 18.4 Å². The van der Waals surface area contributed by atoms with Crippen LogP contribution in [-0.2, 0) is 9.59 Å². The number of rotatable bonds is 3. The third-order valence-electron chi connectivity index (χ3n) is 4.57. The van der Waals surface area contributed by atoms with Gasteiger partial charge in [-0.1, -0.05) is 28.1 Å². The summed E-state index contributed by atoms with van der Waals surface area (Å²) >= 11 is 3.50.